The van der Waals surface area contributed by atoms with Crippen molar-refractivity contribution in [3.8, 4) is 0 Å². The number of nitrogens with zero attached hydrogens (tertiary/aromatic N) is 1. The highest BCUT2D eigenvalue weighted by Gasteiger charge is 2.20. The summed E-state index contributed by atoms with van der Waals surface area (Å²) in [6.45, 7) is 4.07. The van der Waals surface area contributed by atoms with Crippen molar-refractivity contribution in [3.63, 3.8) is 0 Å². The van der Waals surface area contributed by atoms with E-state index >= 15 is 0 Å². The molecule has 2 aromatic carbocycles. The maximum Gasteiger partial charge on any atom is 0.261 e. The number of para-hydroxylation sites is 2. The molecule has 2 N–H and O–H groups in total. The molecule has 0 atom stereocenters. The third-order valence-electron chi connectivity index (χ3n) is 3.14. The SMILES string of the molecule is CCN(C(=O)c1cc(C)ccc1F)c1ccccc1N. The first-order chi connectivity index (χ1) is 9.54. The number of rotatable bonds is 3. The van der Waals surface area contributed by atoms with Gasteiger partial charge in [0.2, 0.25) is 0 Å². The second-order valence-electron chi connectivity index (χ2n) is 4.59. The zero-order chi connectivity index (χ0) is 14.7. The van der Waals surface area contributed by atoms with Gasteiger partial charge in [0.1, 0.15) is 5.82 Å². The number of hydrogen-bond acceptors (Lipinski definition) is 2. The molecule has 0 aliphatic carbocycles. The molecule has 3 nitrogen and oxygen atoms in total. The van der Waals surface area contributed by atoms with Crippen molar-refractivity contribution >= 4 is 17.3 Å². The lowest BCUT2D eigenvalue weighted by atomic mass is 10.1. The summed E-state index contributed by atoms with van der Waals surface area (Å²) in [5, 5.41) is 0. The van der Waals surface area contributed by atoms with Gasteiger partial charge in [-0.05, 0) is 38.1 Å². The van der Waals surface area contributed by atoms with Crippen molar-refractivity contribution in [3.05, 3.63) is 59.4 Å². The third kappa shape index (κ3) is 2.64. The minimum absolute atomic E-state index is 0.0649. The number of amides is 1. The van der Waals surface area contributed by atoms with Crippen LogP contribution in [0.15, 0.2) is 42.5 Å². The molecule has 0 fully saturated rings. The molecule has 0 heterocycles. The summed E-state index contributed by atoms with van der Waals surface area (Å²) in [5.74, 6) is -0.903. The zero-order valence-corrected chi connectivity index (χ0v) is 11.6. The number of anilines is 2. The Morgan fingerprint density at radius 2 is 1.95 bits per heavy atom. The molecule has 0 unspecified atom stereocenters. The lowest BCUT2D eigenvalue weighted by molar-refractivity contribution is 0.0984. The van der Waals surface area contributed by atoms with Crippen LogP contribution in [-0.4, -0.2) is 12.5 Å². The number of nitrogens with two attached hydrogens (primary N) is 1. The predicted molar refractivity (Wildman–Crippen MR) is 79.3 cm³/mol. The van der Waals surface area contributed by atoms with Crippen molar-refractivity contribution in [2.24, 2.45) is 0 Å². The first-order valence-electron chi connectivity index (χ1n) is 6.47. The molecule has 104 valence electrons. The molecule has 20 heavy (non-hydrogen) atoms. The number of benzene rings is 2. The molecule has 4 heteroatoms. The van der Waals surface area contributed by atoms with E-state index in [0.29, 0.717) is 17.9 Å². The van der Waals surface area contributed by atoms with Crippen molar-refractivity contribution in [2.45, 2.75) is 13.8 Å². The van der Waals surface area contributed by atoms with Crippen LogP contribution in [0.1, 0.15) is 22.8 Å². The molecule has 0 aliphatic rings. The third-order valence-corrected chi connectivity index (χ3v) is 3.14. The van der Waals surface area contributed by atoms with Crippen molar-refractivity contribution < 1.29 is 9.18 Å². The minimum Gasteiger partial charge on any atom is -0.397 e. The minimum atomic E-state index is -0.520. The fourth-order valence-electron chi connectivity index (χ4n) is 2.11. The van der Waals surface area contributed by atoms with E-state index in [1.165, 1.54) is 11.0 Å². The molecular formula is C16H17FN2O. The van der Waals surface area contributed by atoms with E-state index in [4.69, 9.17) is 5.73 Å². The lowest BCUT2D eigenvalue weighted by Gasteiger charge is -2.23. The quantitative estimate of drug-likeness (QED) is 0.871. The maximum atomic E-state index is 13.9. The first-order valence-corrected chi connectivity index (χ1v) is 6.47. The van der Waals surface area contributed by atoms with Crippen LogP contribution >= 0.6 is 0 Å². The standard InChI is InChI=1S/C16H17FN2O/c1-3-19(15-7-5-4-6-14(15)18)16(20)12-10-11(2)8-9-13(12)17/h4-10H,3,18H2,1-2H3. The van der Waals surface area contributed by atoms with Crippen LogP contribution in [0.3, 0.4) is 0 Å². The number of hydrogen-bond donors (Lipinski definition) is 1. The second-order valence-corrected chi connectivity index (χ2v) is 4.59. The zero-order valence-electron chi connectivity index (χ0n) is 11.6. The Kier molecular flexibility index (Phi) is 4.03. The molecule has 0 radical (unpaired) electrons. The lowest BCUT2D eigenvalue weighted by Crippen LogP contribution is -2.32. The summed E-state index contributed by atoms with van der Waals surface area (Å²) in [6, 6.07) is 11.6. The van der Waals surface area contributed by atoms with E-state index in [1.54, 1.807) is 36.4 Å². The van der Waals surface area contributed by atoms with Gasteiger partial charge in [0, 0.05) is 6.54 Å². The Morgan fingerprint density at radius 3 is 2.60 bits per heavy atom. The van der Waals surface area contributed by atoms with E-state index < -0.39 is 5.82 Å². The van der Waals surface area contributed by atoms with Crippen molar-refractivity contribution in [2.75, 3.05) is 17.2 Å². The Bertz CT molecular complexity index is 640. The second kappa shape index (κ2) is 5.74. The number of nitrogen functional groups attached to an aromatic ring is 1. The molecule has 0 bridgehead atoms. The van der Waals surface area contributed by atoms with Gasteiger partial charge in [0.15, 0.2) is 0 Å². The van der Waals surface area contributed by atoms with Crippen LogP contribution in [0.4, 0.5) is 15.8 Å². The molecular weight excluding hydrogens is 255 g/mol. The Hall–Kier alpha value is -2.36. The van der Waals surface area contributed by atoms with Gasteiger partial charge in [0.25, 0.3) is 5.91 Å². The summed E-state index contributed by atoms with van der Waals surface area (Å²) >= 11 is 0. The summed E-state index contributed by atoms with van der Waals surface area (Å²) < 4.78 is 13.9. The highest BCUT2D eigenvalue weighted by Crippen LogP contribution is 2.25. The molecule has 0 saturated heterocycles. The Morgan fingerprint density at radius 1 is 1.25 bits per heavy atom. The smallest absolute Gasteiger partial charge is 0.261 e. The highest BCUT2D eigenvalue weighted by atomic mass is 19.1. The highest BCUT2D eigenvalue weighted by molar-refractivity contribution is 6.07. The summed E-state index contributed by atoms with van der Waals surface area (Å²) in [6.07, 6.45) is 0. The molecule has 0 saturated carbocycles. The molecule has 2 aromatic rings. The fraction of sp³-hybridized carbons (Fsp3) is 0.188. The van der Waals surface area contributed by atoms with Gasteiger partial charge in [0.05, 0.1) is 16.9 Å². The van der Waals surface area contributed by atoms with E-state index in [-0.39, 0.29) is 11.5 Å². The van der Waals surface area contributed by atoms with E-state index in [2.05, 4.69) is 0 Å². The first kappa shape index (κ1) is 14.1. The van der Waals surface area contributed by atoms with Crippen LogP contribution in [0.25, 0.3) is 0 Å². The number of aryl methyl sites for hydroxylation is 1. The monoisotopic (exact) mass is 272 g/mol. The summed E-state index contributed by atoms with van der Waals surface area (Å²) in [5.41, 5.74) is 7.89. The van der Waals surface area contributed by atoms with E-state index in [1.807, 2.05) is 13.8 Å². The largest absolute Gasteiger partial charge is 0.397 e. The molecule has 2 rings (SSSR count). The van der Waals surface area contributed by atoms with Crippen LogP contribution in [0.5, 0.6) is 0 Å². The summed E-state index contributed by atoms with van der Waals surface area (Å²) in [7, 11) is 0. The van der Waals surface area contributed by atoms with Crippen LogP contribution < -0.4 is 10.6 Å². The maximum absolute atomic E-state index is 13.9. The van der Waals surface area contributed by atoms with Crippen molar-refractivity contribution in [1.82, 2.24) is 0 Å². The van der Waals surface area contributed by atoms with Gasteiger partial charge in [-0.25, -0.2) is 4.39 Å². The number of halogens is 1. The van der Waals surface area contributed by atoms with Crippen molar-refractivity contribution in [1.29, 1.82) is 0 Å². The average molecular weight is 272 g/mol. The normalized spacial score (nSPS) is 10.3. The van der Waals surface area contributed by atoms with Gasteiger partial charge in [-0.3, -0.25) is 4.79 Å². The molecule has 0 aliphatic heterocycles. The average Bonchev–Trinajstić information content (AvgIpc) is 2.44. The predicted octanol–water partition coefficient (Wildman–Crippen LogP) is 3.38. The van der Waals surface area contributed by atoms with Crippen LogP contribution in [-0.2, 0) is 0 Å². The molecule has 1 amide bonds. The molecule has 0 spiro atoms. The Labute approximate surface area is 117 Å². The van der Waals surface area contributed by atoms with Gasteiger partial charge >= 0.3 is 0 Å². The van der Waals surface area contributed by atoms with Gasteiger partial charge in [-0.2, -0.15) is 0 Å². The van der Waals surface area contributed by atoms with Gasteiger partial charge < -0.3 is 10.6 Å². The van der Waals surface area contributed by atoms with Crippen LogP contribution in [0.2, 0.25) is 0 Å². The number of carbonyl (C=O) groups is 1. The number of carbonyl (C=O) groups excluding carboxylic acids is 1. The van der Waals surface area contributed by atoms with Gasteiger partial charge in [-0.1, -0.05) is 23.8 Å². The fourth-order valence-corrected chi connectivity index (χ4v) is 2.11. The topological polar surface area (TPSA) is 46.3 Å². The van der Waals surface area contributed by atoms with Gasteiger partial charge in [-0.15, -0.1) is 0 Å². The van der Waals surface area contributed by atoms with E-state index in [9.17, 15) is 9.18 Å². The summed E-state index contributed by atoms with van der Waals surface area (Å²) in [4.78, 5) is 14.0. The van der Waals surface area contributed by atoms with E-state index in [0.717, 1.165) is 5.56 Å². The van der Waals surface area contributed by atoms with Crippen LogP contribution in [0, 0.1) is 12.7 Å². The Balaban J connectivity index is 2.45. The molecule has 0 aromatic heterocycles.